The van der Waals surface area contributed by atoms with Crippen molar-refractivity contribution in [3.05, 3.63) is 16.8 Å². The van der Waals surface area contributed by atoms with Crippen LogP contribution in [0.25, 0.3) is 0 Å². The van der Waals surface area contributed by atoms with Gasteiger partial charge < -0.3 is 63.1 Å². The maximum Gasteiger partial charge on any atom is 0.354 e. The number of aromatic nitrogens is 3. The summed E-state index contributed by atoms with van der Waals surface area (Å²) in [5.74, 6) is -3.99. The molecule has 2 fully saturated rings. The summed E-state index contributed by atoms with van der Waals surface area (Å²) in [4.78, 5) is 110. The number of nitrogens with zero attached hydrogens (tertiary/aromatic N) is 5. The largest absolute Gasteiger partial charge is 0.463 e. The minimum absolute atomic E-state index is 0. The predicted octanol–water partition coefficient (Wildman–Crippen LogP) is 0.397. The van der Waals surface area contributed by atoms with Crippen LogP contribution in [0.15, 0.2) is 21.1 Å². The molecule has 0 bridgehead atoms. The normalized spacial score (nSPS) is 24.3. The lowest BCUT2D eigenvalue weighted by molar-refractivity contribution is -0.197. The van der Waals surface area contributed by atoms with Crippen LogP contribution in [0.2, 0.25) is 39.3 Å². The van der Waals surface area contributed by atoms with E-state index >= 15 is 0 Å². The molecule has 0 aliphatic carbocycles. The Hall–Kier alpha value is -5.12. The highest BCUT2D eigenvalue weighted by Crippen LogP contribution is 2.34. The molecule has 1 aromatic rings. The van der Waals surface area contributed by atoms with Gasteiger partial charge in [-0.3, -0.25) is 38.1 Å². The second kappa shape index (κ2) is 26.1. The Morgan fingerprint density at radius 2 is 1.17 bits per heavy atom. The van der Waals surface area contributed by atoms with Crippen LogP contribution in [-0.2, 0) is 80.6 Å². The van der Waals surface area contributed by atoms with Gasteiger partial charge >= 0.3 is 47.5 Å². The van der Waals surface area contributed by atoms with Gasteiger partial charge in [-0.2, -0.15) is 4.98 Å². The molecule has 9 atom stereocenters. The zero-order chi connectivity index (χ0) is 48.7. The van der Waals surface area contributed by atoms with E-state index < -0.39 is 113 Å². The number of hydrogen-bond acceptors (Lipinski definition) is 25. The Balaban J connectivity index is 0.000000497. The number of nitrogens with one attached hydrogen (secondary N) is 2. The number of halogens is 1. The summed E-state index contributed by atoms with van der Waals surface area (Å²) >= 11 is 0. The van der Waals surface area contributed by atoms with Gasteiger partial charge in [0, 0.05) is 48.5 Å². The fourth-order valence-electron chi connectivity index (χ4n) is 5.52. The van der Waals surface area contributed by atoms with Crippen LogP contribution in [0.3, 0.4) is 0 Å². The van der Waals surface area contributed by atoms with Crippen LogP contribution in [0.5, 0.6) is 0 Å². The summed E-state index contributed by atoms with van der Waals surface area (Å²) < 4.78 is 52.8. The molecule has 2 saturated heterocycles. The molecular weight excluding hydrogens is 1020 g/mol. The molecule has 4 rings (SSSR count). The number of esters is 7. The molecule has 0 amide bonds. The van der Waals surface area contributed by atoms with E-state index in [-0.39, 0.29) is 49.5 Å². The highest BCUT2D eigenvalue weighted by atomic mass is 127. The Morgan fingerprint density at radius 1 is 0.708 bits per heavy atom. The van der Waals surface area contributed by atoms with E-state index in [0.29, 0.717) is 0 Å². The zero-order valence-electron chi connectivity index (χ0n) is 38.3. The second-order valence-corrected chi connectivity index (χ2v) is 25.1. The van der Waals surface area contributed by atoms with Crippen LogP contribution >= 0.6 is 24.0 Å². The van der Waals surface area contributed by atoms with Crippen molar-refractivity contribution in [2.75, 3.05) is 18.9 Å². The third kappa shape index (κ3) is 21.6. The van der Waals surface area contributed by atoms with Crippen molar-refractivity contribution in [1.82, 2.24) is 24.8 Å². The molecule has 1 unspecified atom stereocenters. The lowest BCUT2D eigenvalue weighted by Crippen LogP contribution is -2.52. The van der Waals surface area contributed by atoms with Crippen molar-refractivity contribution in [1.29, 1.82) is 0 Å². The number of carbonyl (C=O) groups is 7. The first-order chi connectivity index (χ1) is 29.5. The van der Waals surface area contributed by atoms with Gasteiger partial charge in [0.05, 0.1) is 6.34 Å². The number of anilines is 1. The first-order valence-electron chi connectivity index (χ1n) is 19.5. The number of rotatable bonds is 13. The third-order valence-electron chi connectivity index (χ3n) is 7.56. The van der Waals surface area contributed by atoms with Crippen molar-refractivity contribution in [2.24, 2.45) is 9.98 Å². The van der Waals surface area contributed by atoms with Gasteiger partial charge in [-0.15, -0.1) is 24.0 Å². The average Bonchev–Trinajstić information content (AvgIpc) is 3.59. The van der Waals surface area contributed by atoms with Gasteiger partial charge in [-0.25, -0.2) is 19.8 Å². The number of nitrogen functional groups attached to an aromatic ring is 1. The van der Waals surface area contributed by atoms with Crippen LogP contribution < -0.4 is 21.7 Å². The molecule has 3 aliphatic rings. The monoisotopic (exact) mass is 1070 g/mol. The predicted molar refractivity (Wildman–Crippen MR) is 240 cm³/mol. The first kappa shape index (κ1) is 57.9. The summed E-state index contributed by atoms with van der Waals surface area (Å²) in [5.41, 5.74) is 4.54. The van der Waals surface area contributed by atoms with Gasteiger partial charge in [-0.1, -0.05) is 19.6 Å². The molecule has 1 aromatic heterocycles. The van der Waals surface area contributed by atoms with Crippen molar-refractivity contribution in [2.45, 2.75) is 143 Å². The second-order valence-electron chi connectivity index (χ2n) is 15.9. The fraction of sp³-hybridized carbons (Fsp3) is 0.667. The van der Waals surface area contributed by atoms with Crippen molar-refractivity contribution in [3.63, 3.8) is 0 Å². The van der Waals surface area contributed by atoms with E-state index in [4.69, 9.17) is 52.8 Å². The molecule has 29 heteroatoms. The van der Waals surface area contributed by atoms with Gasteiger partial charge in [0.25, 0.3) is 0 Å². The molecular formula is C36H59IN8O18Si2. The molecule has 0 spiro atoms. The lowest BCUT2D eigenvalue weighted by atomic mass is 10.1. The highest BCUT2D eigenvalue weighted by Gasteiger charge is 2.52. The van der Waals surface area contributed by atoms with E-state index in [2.05, 4.69) is 69.5 Å². The molecule has 0 aromatic carbocycles. The van der Waals surface area contributed by atoms with E-state index in [0.717, 1.165) is 51.5 Å². The highest BCUT2D eigenvalue weighted by molar-refractivity contribution is 14.0. The quantitative estimate of drug-likeness (QED) is 0.104. The van der Waals surface area contributed by atoms with Gasteiger partial charge in [0.15, 0.2) is 38.8 Å². The van der Waals surface area contributed by atoms with Gasteiger partial charge in [-0.05, 0) is 19.6 Å². The Morgan fingerprint density at radius 3 is 1.62 bits per heavy atom. The molecule has 0 radical (unpaired) electrons. The molecule has 65 heavy (non-hydrogen) atoms. The van der Waals surface area contributed by atoms with Crippen LogP contribution in [0.4, 0.5) is 5.95 Å². The van der Waals surface area contributed by atoms with E-state index in [1.807, 2.05) is 0 Å². The lowest BCUT2D eigenvalue weighted by Gasteiger charge is -2.26. The Bertz CT molecular complexity index is 1960. The summed E-state index contributed by atoms with van der Waals surface area (Å²) in [6.45, 7) is 20.7. The Labute approximate surface area is 393 Å². The summed E-state index contributed by atoms with van der Waals surface area (Å²) in [6.07, 6.45) is -6.58. The number of aliphatic imine (C=N–C) groups is 2. The molecule has 3 aliphatic heterocycles. The minimum Gasteiger partial charge on any atom is -0.463 e. The summed E-state index contributed by atoms with van der Waals surface area (Å²) in [5, 5.41) is 3.01. The van der Waals surface area contributed by atoms with E-state index in [9.17, 15) is 38.4 Å². The summed E-state index contributed by atoms with van der Waals surface area (Å²) in [6, 6.07) is 0. The van der Waals surface area contributed by atoms with Crippen LogP contribution in [-0.4, -0.2) is 148 Å². The topological polar surface area (TPSA) is 334 Å². The number of carbonyl (C=O) groups excluding carboxylic acids is 7. The fourth-order valence-corrected chi connectivity index (χ4v) is 7.11. The maximum absolute atomic E-state index is 12.1. The third-order valence-corrected chi connectivity index (χ3v) is 9.46. The number of hydrogen-bond donors (Lipinski definition) is 3. The van der Waals surface area contributed by atoms with Crippen molar-refractivity contribution in [3.8, 4) is 0 Å². The number of nitrogens with two attached hydrogens (primary N) is 1. The molecule has 4 heterocycles. The van der Waals surface area contributed by atoms with Crippen LogP contribution in [0, 0.1) is 0 Å². The smallest absolute Gasteiger partial charge is 0.354 e. The molecule has 26 nitrogen and oxygen atoms in total. The average molecular weight is 1070 g/mol. The standard InChI is InChI=1S/C14H18N4O8.C13H18O9.C9H22N4OSi2.HI/c1-6(19)23-4-9-10(24-7(2)20)11(25-8(3)21)12(26-9)18-5-16-13(15)17-14(18)22;1-6(14)18-5-10-11(19-7(2)15)12(20-8(3)16)13(22-10)21-9(4)17;1-15(2,3)13-8-10-7-11-9(12-8)14-16(4,5)6;/h5,9-12H,4H2,1-3H3,(H2,15,17,22);10-13H,5H2,1-4H3;7,9H,1-6H3,(H2,10,11,12,13);1H/t9-,10-,11-,12-;10-,11-,12-,13-;;/m11../s1. The van der Waals surface area contributed by atoms with Gasteiger partial charge in [0.1, 0.15) is 40.0 Å². The number of guanidine groups is 1. The molecule has 366 valence electrons. The molecule has 0 saturated carbocycles. The zero-order valence-corrected chi connectivity index (χ0v) is 42.7. The van der Waals surface area contributed by atoms with Crippen molar-refractivity contribution < 1.29 is 80.6 Å². The van der Waals surface area contributed by atoms with Crippen molar-refractivity contribution >= 4 is 101 Å². The Kier molecular flexibility index (Phi) is 23.3. The van der Waals surface area contributed by atoms with E-state index in [1.54, 1.807) is 6.34 Å². The maximum atomic E-state index is 12.1. The number of ether oxygens (including phenoxy) is 9. The molecule has 4 N–H and O–H groups in total. The first-order valence-corrected chi connectivity index (χ1v) is 26.4. The van der Waals surface area contributed by atoms with E-state index in [1.165, 1.54) is 13.8 Å². The summed E-state index contributed by atoms with van der Waals surface area (Å²) in [7, 11) is -2.98. The van der Waals surface area contributed by atoms with Gasteiger partial charge in [0.2, 0.25) is 24.7 Å². The minimum atomic E-state index is -1.60. The van der Waals surface area contributed by atoms with Crippen LogP contribution in [0.1, 0.15) is 54.7 Å². The SMILES string of the molecule is CC(=O)OC[C@H]1O[C@@H](OC(C)=O)[C@H](OC(C)=O)[C@@H]1OC(C)=O.CC(=O)OC[C@H]1O[C@@H](n2cnc(N)nc2=O)[C@H](OC(C)=O)[C@@H]1OC(C)=O.C[Si](C)(C)NC1=NC(O[Si](C)(C)C)N=CN1.I.